The second-order valence-electron chi connectivity index (χ2n) is 6.21. The molecule has 1 amide bonds. The van der Waals surface area contributed by atoms with Crippen molar-refractivity contribution >= 4 is 66.3 Å². The molecule has 2 heterocycles. The Hall–Kier alpha value is -3.97. The third kappa shape index (κ3) is 4.38. The fourth-order valence-corrected chi connectivity index (χ4v) is 4.09. The van der Waals surface area contributed by atoms with Gasteiger partial charge in [0, 0.05) is 16.6 Å². The number of furan rings is 1. The number of halogens is 1. The molecule has 0 saturated heterocycles. The van der Waals surface area contributed by atoms with Crippen molar-refractivity contribution in [2.75, 3.05) is 5.01 Å². The van der Waals surface area contributed by atoms with Gasteiger partial charge in [-0.15, -0.1) is 0 Å². The topological polar surface area (TPSA) is 145 Å². The molecule has 0 spiro atoms. The van der Waals surface area contributed by atoms with Gasteiger partial charge in [-0.3, -0.25) is 25.0 Å². The summed E-state index contributed by atoms with van der Waals surface area (Å²) in [6.07, 6.45) is 1.32. The van der Waals surface area contributed by atoms with Gasteiger partial charge in [0.25, 0.3) is 5.69 Å². The zero-order chi connectivity index (χ0) is 22.8. The van der Waals surface area contributed by atoms with E-state index in [-0.39, 0.29) is 16.6 Å². The van der Waals surface area contributed by atoms with Crippen LogP contribution in [0.15, 0.2) is 68.6 Å². The number of anilines is 1. The first kappa shape index (κ1) is 21.3. The summed E-state index contributed by atoms with van der Waals surface area (Å²) >= 11 is 4.56. The number of non-ortho nitro benzene ring substituents is 1. The van der Waals surface area contributed by atoms with Gasteiger partial charge in [-0.25, -0.2) is 4.98 Å². The van der Waals surface area contributed by atoms with E-state index in [1.165, 1.54) is 47.9 Å². The minimum atomic E-state index is -0.769. The molecule has 0 aliphatic carbocycles. The van der Waals surface area contributed by atoms with Crippen molar-refractivity contribution in [2.24, 2.45) is 5.10 Å². The number of thiazole rings is 1. The third-order valence-electron chi connectivity index (χ3n) is 4.12. The maximum absolute atomic E-state index is 13.1. The highest BCUT2D eigenvalue weighted by atomic mass is 79.9. The van der Waals surface area contributed by atoms with Gasteiger partial charge in [0.1, 0.15) is 4.92 Å². The van der Waals surface area contributed by atoms with Crippen LogP contribution in [0, 0.1) is 20.2 Å². The Kier molecular flexibility index (Phi) is 5.75. The Bertz CT molecular complexity index is 1380. The largest absolute Gasteiger partial charge is 0.433 e. The number of aromatic nitrogens is 1. The van der Waals surface area contributed by atoms with E-state index in [0.29, 0.717) is 11.1 Å². The lowest BCUT2D eigenvalue weighted by molar-refractivity contribution is -0.402. The minimum Gasteiger partial charge on any atom is -0.395 e. The molecule has 0 aliphatic heterocycles. The smallest absolute Gasteiger partial charge is 0.395 e. The van der Waals surface area contributed by atoms with Gasteiger partial charge in [-0.1, -0.05) is 27.3 Å². The zero-order valence-electron chi connectivity index (χ0n) is 15.7. The van der Waals surface area contributed by atoms with Crippen LogP contribution in [0.1, 0.15) is 16.1 Å². The molecule has 2 aromatic heterocycles. The molecule has 11 nitrogen and oxygen atoms in total. The van der Waals surface area contributed by atoms with Crippen molar-refractivity contribution < 1.29 is 19.1 Å². The molecule has 0 bridgehead atoms. The number of benzene rings is 2. The summed E-state index contributed by atoms with van der Waals surface area (Å²) in [5, 5.41) is 27.1. The van der Waals surface area contributed by atoms with Crippen LogP contribution < -0.4 is 5.01 Å². The van der Waals surface area contributed by atoms with Crippen LogP contribution in [0.3, 0.4) is 0 Å². The normalized spacial score (nSPS) is 11.2. The molecule has 0 atom stereocenters. The van der Waals surface area contributed by atoms with Gasteiger partial charge < -0.3 is 4.42 Å². The Labute approximate surface area is 191 Å². The van der Waals surface area contributed by atoms with Crippen molar-refractivity contribution in [3.63, 3.8) is 0 Å². The maximum atomic E-state index is 13.1. The van der Waals surface area contributed by atoms with E-state index in [9.17, 15) is 25.0 Å². The number of nitrogens with zero attached hydrogens (tertiary/aromatic N) is 5. The maximum Gasteiger partial charge on any atom is 0.433 e. The summed E-state index contributed by atoms with van der Waals surface area (Å²) in [6, 6.07) is 13.2. The molecule has 0 radical (unpaired) electrons. The average molecular weight is 516 g/mol. The van der Waals surface area contributed by atoms with E-state index in [1.807, 2.05) is 6.07 Å². The SMILES string of the molecule is O=C(c1ccc([N+](=O)[O-])o1)N(/N=C/c1ccc([N+](=O)[O-])cc1)c1nc2ccc(Br)cc2s1. The van der Waals surface area contributed by atoms with E-state index in [1.54, 1.807) is 12.1 Å². The summed E-state index contributed by atoms with van der Waals surface area (Å²) < 4.78 is 6.64. The molecule has 4 aromatic rings. The molecule has 0 unspecified atom stereocenters. The first-order chi connectivity index (χ1) is 15.3. The van der Waals surface area contributed by atoms with Crippen molar-refractivity contribution in [3.05, 3.63) is 90.6 Å². The van der Waals surface area contributed by atoms with Gasteiger partial charge in [-0.05, 0) is 42.0 Å². The molecule has 0 N–H and O–H groups in total. The standard InChI is InChI=1S/C19H10BrN5O6S/c20-12-3-6-14-16(9-12)32-19(22-14)23(18(26)15-7-8-17(31-15)25(29)30)21-10-11-1-4-13(5-2-11)24(27)28/h1-10H/b21-10+. The van der Waals surface area contributed by atoms with E-state index in [2.05, 4.69) is 26.0 Å². The van der Waals surface area contributed by atoms with E-state index in [4.69, 9.17) is 4.42 Å². The third-order valence-corrected chi connectivity index (χ3v) is 5.61. The van der Waals surface area contributed by atoms with Crippen LogP contribution in [0.5, 0.6) is 0 Å². The van der Waals surface area contributed by atoms with Crippen LogP contribution >= 0.6 is 27.3 Å². The van der Waals surface area contributed by atoms with Gasteiger partial charge >= 0.3 is 11.8 Å². The molecule has 0 saturated carbocycles. The summed E-state index contributed by atoms with van der Waals surface area (Å²) in [4.78, 5) is 37.9. The number of rotatable bonds is 6. The van der Waals surface area contributed by atoms with Crippen LogP contribution in [0.25, 0.3) is 10.2 Å². The second-order valence-corrected chi connectivity index (χ2v) is 8.14. The highest BCUT2D eigenvalue weighted by Gasteiger charge is 2.26. The number of fused-ring (bicyclic) bond motifs is 1. The molecular formula is C19H10BrN5O6S. The van der Waals surface area contributed by atoms with Crippen molar-refractivity contribution in [1.29, 1.82) is 0 Å². The molecule has 0 aliphatic rings. The average Bonchev–Trinajstić information content (AvgIpc) is 3.41. The summed E-state index contributed by atoms with van der Waals surface area (Å²) in [5.41, 5.74) is 1.03. The Morgan fingerprint density at radius 3 is 2.50 bits per heavy atom. The number of carbonyl (C=O) groups is 1. The predicted molar refractivity (Wildman–Crippen MR) is 120 cm³/mol. The molecule has 32 heavy (non-hydrogen) atoms. The quantitative estimate of drug-likeness (QED) is 0.196. The molecule has 2 aromatic carbocycles. The monoisotopic (exact) mass is 515 g/mol. The highest BCUT2D eigenvalue weighted by molar-refractivity contribution is 9.10. The number of nitro benzene ring substituents is 1. The summed E-state index contributed by atoms with van der Waals surface area (Å²) in [5.74, 6) is -1.65. The predicted octanol–water partition coefficient (Wildman–Crippen LogP) is 5.15. The van der Waals surface area contributed by atoms with Crippen molar-refractivity contribution in [3.8, 4) is 0 Å². The zero-order valence-corrected chi connectivity index (χ0v) is 18.1. The number of hydrogen-bond donors (Lipinski definition) is 0. The van der Waals surface area contributed by atoms with Crippen LogP contribution in [-0.4, -0.2) is 27.0 Å². The van der Waals surface area contributed by atoms with Gasteiger partial charge in [0.2, 0.25) is 10.9 Å². The Balaban J connectivity index is 1.73. The fraction of sp³-hybridized carbons (Fsp3) is 0. The first-order valence-electron chi connectivity index (χ1n) is 8.75. The van der Waals surface area contributed by atoms with Gasteiger partial charge in [-0.2, -0.15) is 10.1 Å². The highest BCUT2D eigenvalue weighted by Crippen LogP contribution is 2.32. The fourth-order valence-electron chi connectivity index (χ4n) is 2.62. The van der Waals surface area contributed by atoms with E-state index < -0.39 is 21.6 Å². The van der Waals surface area contributed by atoms with Gasteiger partial charge in [0.15, 0.2) is 0 Å². The van der Waals surface area contributed by atoms with Crippen LogP contribution in [0.4, 0.5) is 16.7 Å². The minimum absolute atomic E-state index is 0.0882. The van der Waals surface area contributed by atoms with Crippen LogP contribution in [0.2, 0.25) is 0 Å². The van der Waals surface area contributed by atoms with Gasteiger partial charge in [0.05, 0.1) is 27.4 Å². The van der Waals surface area contributed by atoms with E-state index >= 15 is 0 Å². The van der Waals surface area contributed by atoms with Crippen LogP contribution in [-0.2, 0) is 0 Å². The summed E-state index contributed by atoms with van der Waals surface area (Å²) in [7, 11) is 0. The van der Waals surface area contributed by atoms with Crippen molar-refractivity contribution in [1.82, 2.24) is 4.98 Å². The lowest BCUT2D eigenvalue weighted by Crippen LogP contribution is -2.25. The molecule has 4 rings (SSSR count). The van der Waals surface area contributed by atoms with Crippen molar-refractivity contribution in [2.45, 2.75) is 0 Å². The molecular weight excluding hydrogens is 506 g/mol. The molecule has 13 heteroatoms. The van der Waals surface area contributed by atoms with E-state index in [0.717, 1.165) is 20.2 Å². The number of hydrazone groups is 1. The number of carbonyl (C=O) groups excluding carboxylic acids is 1. The number of nitro groups is 2. The second kappa shape index (κ2) is 8.64. The number of amides is 1. The number of hydrogen-bond acceptors (Lipinski definition) is 9. The lowest BCUT2D eigenvalue weighted by atomic mass is 10.2. The lowest BCUT2D eigenvalue weighted by Gasteiger charge is -2.11. The first-order valence-corrected chi connectivity index (χ1v) is 10.4. The molecule has 0 fully saturated rings. The molecule has 160 valence electrons. The Morgan fingerprint density at radius 2 is 1.84 bits per heavy atom. The summed E-state index contributed by atoms with van der Waals surface area (Å²) in [6.45, 7) is 0. The Morgan fingerprint density at radius 1 is 1.09 bits per heavy atom.